The van der Waals surface area contributed by atoms with Gasteiger partial charge in [0.05, 0.1) is 6.42 Å². The first-order valence-corrected chi connectivity index (χ1v) is 7.95. The molecule has 1 N–H and O–H groups in total. The van der Waals surface area contributed by atoms with E-state index in [1.165, 1.54) is 0 Å². The molecule has 0 aliphatic rings. The number of nitrogens with one attached hydrogen (secondary N) is 1. The molecule has 0 heterocycles. The van der Waals surface area contributed by atoms with Crippen molar-refractivity contribution in [1.29, 1.82) is 0 Å². The predicted octanol–water partition coefficient (Wildman–Crippen LogP) is 3.09. The number of esters is 1. The van der Waals surface area contributed by atoms with Crippen molar-refractivity contribution in [2.75, 3.05) is 13.2 Å². The standard InChI is InChI=1S/C19H23NO3/c1-14(2)10-11-20-18(21)13-23-19(22)12-16-8-5-7-15-6-3-4-9-17(15)16/h3-9,14H,10-13H2,1-2H3,(H,20,21). The molecule has 0 saturated carbocycles. The van der Waals surface area contributed by atoms with Crippen molar-refractivity contribution in [3.63, 3.8) is 0 Å². The molecular formula is C19H23NO3. The van der Waals surface area contributed by atoms with Gasteiger partial charge in [-0.3, -0.25) is 9.59 Å². The zero-order valence-corrected chi connectivity index (χ0v) is 13.7. The zero-order chi connectivity index (χ0) is 16.7. The number of amides is 1. The molecule has 0 spiro atoms. The Morgan fingerprint density at radius 2 is 1.83 bits per heavy atom. The lowest BCUT2D eigenvalue weighted by Gasteiger charge is -2.09. The summed E-state index contributed by atoms with van der Waals surface area (Å²) in [4.78, 5) is 23.5. The number of ether oxygens (including phenoxy) is 1. The third-order valence-corrected chi connectivity index (χ3v) is 3.62. The molecule has 0 atom stereocenters. The highest BCUT2D eigenvalue weighted by Gasteiger charge is 2.10. The summed E-state index contributed by atoms with van der Waals surface area (Å²) in [6, 6.07) is 13.7. The van der Waals surface area contributed by atoms with Crippen molar-refractivity contribution in [2.24, 2.45) is 5.92 Å². The number of hydrogen-bond donors (Lipinski definition) is 1. The smallest absolute Gasteiger partial charge is 0.310 e. The van der Waals surface area contributed by atoms with E-state index in [1.807, 2.05) is 42.5 Å². The summed E-state index contributed by atoms with van der Waals surface area (Å²) in [5.74, 6) is -0.110. The van der Waals surface area contributed by atoms with Gasteiger partial charge in [-0.2, -0.15) is 0 Å². The molecule has 0 bridgehead atoms. The highest BCUT2D eigenvalue weighted by Crippen LogP contribution is 2.19. The van der Waals surface area contributed by atoms with Gasteiger partial charge in [-0.1, -0.05) is 56.3 Å². The highest BCUT2D eigenvalue weighted by molar-refractivity contribution is 5.89. The average molecular weight is 313 g/mol. The number of carbonyl (C=O) groups is 2. The fraction of sp³-hybridized carbons (Fsp3) is 0.368. The number of benzene rings is 2. The Morgan fingerprint density at radius 1 is 1.09 bits per heavy atom. The summed E-state index contributed by atoms with van der Waals surface area (Å²) in [5.41, 5.74) is 0.910. The summed E-state index contributed by atoms with van der Waals surface area (Å²) in [5, 5.41) is 4.87. The Hall–Kier alpha value is -2.36. The minimum absolute atomic E-state index is 0.167. The minimum Gasteiger partial charge on any atom is -0.455 e. The fourth-order valence-corrected chi connectivity index (χ4v) is 2.35. The van der Waals surface area contributed by atoms with Crippen LogP contribution in [0.2, 0.25) is 0 Å². The Labute approximate surface area is 136 Å². The van der Waals surface area contributed by atoms with Crippen molar-refractivity contribution in [2.45, 2.75) is 26.7 Å². The predicted molar refractivity (Wildman–Crippen MR) is 91.1 cm³/mol. The number of fused-ring (bicyclic) bond motifs is 1. The van der Waals surface area contributed by atoms with Gasteiger partial charge in [-0.05, 0) is 28.7 Å². The lowest BCUT2D eigenvalue weighted by molar-refractivity contribution is -0.147. The van der Waals surface area contributed by atoms with Crippen molar-refractivity contribution >= 4 is 22.6 Å². The van der Waals surface area contributed by atoms with Crippen LogP contribution < -0.4 is 5.32 Å². The number of rotatable bonds is 7. The van der Waals surface area contributed by atoms with Crippen LogP contribution in [-0.2, 0) is 20.7 Å². The van der Waals surface area contributed by atoms with E-state index in [-0.39, 0.29) is 24.9 Å². The second-order valence-electron chi connectivity index (χ2n) is 6.01. The van der Waals surface area contributed by atoms with Crippen LogP contribution in [0.3, 0.4) is 0 Å². The minimum atomic E-state index is -0.389. The monoisotopic (exact) mass is 313 g/mol. The molecule has 0 aromatic heterocycles. The zero-order valence-electron chi connectivity index (χ0n) is 13.7. The summed E-state index contributed by atoms with van der Waals surface area (Å²) in [7, 11) is 0. The van der Waals surface area contributed by atoms with Crippen LogP contribution in [0, 0.1) is 5.92 Å². The second-order valence-corrected chi connectivity index (χ2v) is 6.01. The van der Waals surface area contributed by atoms with Crippen LogP contribution in [0.5, 0.6) is 0 Å². The van der Waals surface area contributed by atoms with Crippen LogP contribution >= 0.6 is 0 Å². The van der Waals surface area contributed by atoms with E-state index < -0.39 is 0 Å². The molecule has 4 heteroatoms. The maximum absolute atomic E-state index is 11.9. The largest absolute Gasteiger partial charge is 0.455 e. The molecule has 2 rings (SSSR count). The summed E-state index contributed by atoms with van der Waals surface area (Å²) in [6.07, 6.45) is 1.08. The van der Waals surface area contributed by atoms with Gasteiger partial charge in [0.1, 0.15) is 0 Å². The first-order chi connectivity index (χ1) is 11.1. The SMILES string of the molecule is CC(C)CCNC(=O)COC(=O)Cc1cccc2ccccc12. The molecule has 0 radical (unpaired) electrons. The molecule has 0 unspecified atom stereocenters. The molecule has 0 fully saturated rings. The molecule has 4 nitrogen and oxygen atoms in total. The molecule has 0 aliphatic carbocycles. The Morgan fingerprint density at radius 3 is 2.61 bits per heavy atom. The van der Waals surface area contributed by atoms with E-state index in [1.54, 1.807) is 0 Å². The van der Waals surface area contributed by atoms with Crippen molar-refractivity contribution in [3.8, 4) is 0 Å². The first-order valence-electron chi connectivity index (χ1n) is 7.95. The fourth-order valence-electron chi connectivity index (χ4n) is 2.35. The third kappa shape index (κ3) is 5.40. The van der Waals surface area contributed by atoms with E-state index in [0.717, 1.165) is 22.8 Å². The Kier molecular flexibility index (Phi) is 6.15. The molecule has 23 heavy (non-hydrogen) atoms. The number of carbonyl (C=O) groups excluding carboxylic acids is 2. The second kappa shape index (κ2) is 8.32. The summed E-state index contributed by atoms with van der Waals surface area (Å²) >= 11 is 0. The van der Waals surface area contributed by atoms with Crippen LogP contribution in [0.1, 0.15) is 25.8 Å². The average Bonchev–Trinajstić information content (AvgIpc) is 2.53. The summed E-state index contributed by atoms with van der Waals surface area (Å²) in [6.45, 7) is 4.58. The molecule has 1 amide bonds. The molecule has 2 aromatic carbocycles. The van der Waals surface area contributed by atoms with Gasteiger partial charge in [0, 0.05) is 6.54 Å². The number of hydrogen-bond acceptors (Lipinski definition) is 3. The van der Waals surface area contributed by atoms with Gasteiger partial charge < -0.3 is 10.1 Å². The molecule has 0 aliphatic heterocycles. The van der Waals surface area contributed by atoms with Gasteiger partial charge in [0.15, 0.2) is 6.61 Å². The van der Waals surface area contributed by atoms with E-state index in [4.69, 9.17) is 4.74 Å². The maximum atomic E-state index is 11.9. The van der Waals surface area contributed by atoms with Gasteiger partial charge in [-0.15, -0.1) is 0 Å². The van der Waals surface area contributed by atoms with Crippen molar-refractivity contribution in [3.05, 3.63) is 48.0 Å². The topological polar surface area (TPSA) is 55.4 Å². The lowest BCUT2D eigenvalue weighted by atomic mass is 10.0. The Balaban J connectivity index is 1.83. The molecular weight excluding hydrogens is 290 g/mol. The molecule has 0 saturated heterocycles. The summed E-state index contributed by atoms with van der Waals surface area (Å²) < 4.78 is 5.06. The van der Waals surface area contributed by atoms with Crippen molar-refractivity contribution < 1.29 is 14.3 Å². The van der Waals surface area contributed by atoms with Crippen LogP contribution in [0.25, 0.3) is 10.8 Å². The Bertz CT molecular complexity index is 674. The van der Waals surface area contributed by atoms with Crippen LogP contribution in [0.4, 0.5) is 0 Å². The normalized spacial score (nSPS) is 10.7. The van der Waals surface area contributed by atoms with E-state index in [9.17, 15) is 9.59 Å². The van der Waals surface area contributed by atoms with Gasteiger partial charge in [0.2, 0.25) is 0 Å². The maximum Gasteiger partial charge on any atom is 0.310 e. The molecule has 2 aromatic rings. The van der Waals surface area contributed by atoms with E-state index >= 15 is 0 Å². The van der Waals surface area contributed by atoms with Crippen LogP contribution in [-0.4, -0.2) is 25.0 Å². The van der Waals surface area contributed by atoms with Gasteiger partial charge in [0.25, 0.3) is 5.91 Å². The van der Waals surface area contributed by atoms with E-state index in [0.29, 0.717) is 12.5 Å². The first kappa shape index (κ1) is 17.0. The van der Waals surface area contributed by atoms with E-state index in [2.05, 4.69) is 19.2 Å². The van der Waals surface area contributed by atoms with Gasteiger partial charge >= 0.3 is 5.97 Å². The van der Waals surface area contributed by atoms with Crippen molar-refractivity contribution in [1.82, 2.24) is 5.32 Å². The lowest BCUT2D eigenvalue weighted by Crippen LogP contribution is -2.30. The van der Waals surface area contributed by atoms with Gasteiger partial charge in [-0.25, -0.2) is 0 Å². The third-order valence-electron chi connectivity index (χ3n) is 3.62. The van der Waals surface area contributed by atoms with Crippen LogP contribution in [0.15, 0.2) is 42.5 Å². The highest BCUT2D eigenvalue weighted by atomic mass is 16.5. The molecule has 122 valence electrons. The quantitative estimate of drug-likeness (QED) is 0.799.